The van der Waals surface area contributed by atoms with Crippen LogP contribution < -0.4 is 5.73 Å². The minimum atomic E-state index is 0.360. The molecule has 2 aromatic carbocycles. The normalized spacial score (nSPS) is 10.9. The van der Waals surface area contributed by atoms with E-state index in [1.807, 2.05) is 11.8 Å². The Kier molecular flexibility index (Phi) is 6.64. The van der Waals surface area contributed by atoms with Crippen molar-refractivity contribution in [3.63, 3.8) is 0 Å². The molecule has 106 valence electrons. The number of rotatable bonds is 8. The Labute approximate surface area is 125 Å². The summed E-state index contributed by atoms with van der Waals surface area (Å²) in [6.07, 6.45) is 0. The van der Waals surface area contributed by atoms with E-state index in [2.05, 4.69) is 60.7 Å². The Morgan fingerprint density at radius 1 is 0.850 bits per heavy atom. The van der Waals surface area contributed by atoms with Gasteiger partial charge in [-0.2, -0.15) is 0 Å². The van der Waals surface area contributed by atoms with Crippen LogP contribution >= 0.6 is 11.8 Å². The number of hydrogen-bond donors (Lipinski definition) is 1. The van der Waals surface area contributed by atoms with E-state index < -0.39 is 0 Å². The van der Waals surface area contributed by atoms with Crippen molar-refractivity contribution in [1.29, 1.82) is 0 Å². The first-order valence-corrected chi connectivity index (χ1v) is 7.96. The first kappa shape index (κ1) is 15.1. The second-order valence-electron chi connectivity index (χ2n) is 4.47. The van der Waals surface area contributed by atoms with E-state index in [9.17, 15) is 0 Å². The van der Waals surface area contributed by atoms with Crippen LogP contribution in [0, 0.1) is 0 Å². The maximum atomic E-state index is 5.46. The van der Waals surface area contributed by atoms with E-state index in [0.717, 1.165) is 12.4 Å². The summed E-state index contributed by atoms with van der Waals surface area (Å²) in [5.74, 6) is 0.967. The third kappa shape index (κ3) is 4.67. The summed E-state index contributed by atoms with van der Waals surface area (Å²) in [6, 6.07) is 21.2. The molecular formula is C17H21NOS. The molecule has 0 atom stereocenters. The lowest BCUT2D eigenvalue weighted by Gasteiger charge is -2.17. The van der Waals surface area contributed by atoms with Crippen LogP contribution in [0.1, 0.15) is 16.4 Å². The topological polar surface area (TPSA) is 35.2 Å². The summed E-state index contributed by atoms with van der Waals surface area (Å²) in [6.45, 7) is 1.98. The second kappa shape index (κ2) is 8.80. The second-order valence-corrected chi connectivity index (χ2v) is 5.69. The molecule has 0 fully saturated rings. The molecule has 0 saturated heterocycles. The van der Waals surface area contributed by atoms with Gasteiger partial charge in [0.1, 0.15) is 0 Å². The molecule has 2 N–H and O–H groups in total. The third-order valence-electron chi connectivity index (χ3n) is 2.98. The van der Waals surface area contributed by atoms with Gasteiger partial charge in [0.15, 0.2) is 0 Å². The van der Waals surface area contributed by atoms with E-state index in [1.165, 1.54) is 11.1 Å². The average Bonchev–Trinajstić information content (AvgIpc) is 2.53. The fraction of sp³-hybridized carbons (Fsp3) is 0.294. The van der Waals surface area contributed by atoms with E-state index in [-0.39, 0.29) is 0 Å². The van der Waals surface area contributed by atoms with Crippen molar-refractivity contribution in [3.05, 3.63) is 71.8 Å². The summed E-state index contributed by atoms with van der Waals surface area (Å²) in [5.41, 5.74) is 8.09. The highest BCUT2D eigenvalue weighted by Crippen LogP contribution is 2.35. The minimum absolute atomic E-state index is 0.360. The fourth-order valence-corrected chi connectivity index (χ4v) is 3.20. The largest absolute Gasteiger partial charge is 0.379 e. The van der Waals surface area contributed by atoms with E-state index in [1.54, 1.807) is 0 Å². The van der Waals surface area contributed by atoms with E-state index >= 15 is 0 Å². The predicted octanol–water partition coefficient (Wildman–Crippen LogP) is 3.48. The van der Waals surface area contributed by atoms with Gasteiger partial charge >= 0.3 is 0 Å². The molecule has 0 aliphatic rings. The number of thioether (sulfide) groups is 1. The van der Waals surface area contributed by atoms with Gasteiger partial charge in [0.2, 0.25) is 0 Å². The lowest BCUT2D eigenvalue weighted by atomic mass is 10.0. The molecule has 2 rings (SSSR count). The maximum absolute atomic E-state index is 5.46. The van der Waals surface area contributed by atoms with E-state index in [4.69, 9.17) is 10.5 Å². The number of hydrogen-bond acceptors (Lipinski definition) is 3. The van der Waals surface area contributed by atoms with Crippen molar-refractivity contribution < 1.29 is 4.74 Å². The SMILES string of the molecule is NCCOCCSC(c1ccccc1)c1ccccc1. The number of benzene rings is 2. The molecule has 0 heterocycles. The van der Waals surface area contributed by atoms with Gasteiger partial charge in [0.05, 0.1) is 18.5 Å². The van der Waals surface area contributed by atoms with Crippen molar-refractivity contribution >= 4 is 11.8 Å². The third-order valence-corrected chi connectivity index (χ3v) is 4.26. The summed E-state index contributed by atoms with van der Waals surface area (Å²) >= 11 is 1.91. The van der Waals surface area contributed by atoms with Crippen LogP contribution in [0.2, 0.25) is 0 Å². The van der Waals surface area contributed by atoms with Crippen LogP contribution in [0.25, 0.3) is 0 Å². The van der Waals surface area contributed by atoms with Crippen LogP contribution in [0.15, 0.2) is 60.7 Å². The molecule has 0 bridgehead atoms. The van der Waals surface area contributed by atoms with Crippen LogP contribution in [-0.2, 0) is 4.74 Å². The van der Waals surface area contributed by atoms with Crippen molar-refractivity contribution in [2.24, 2.45) is 5.73 Å². The molecule has 0 aromatic heterocycles. The summed E-state index contributed by atoms with van der Waals surface area (Å²) in [5, 5.41) is 0.360. The Bertz CT molecular complexity index is 435. The predicted molar refractivity (Wildman–Crippen MR) is 87.1 cm³/mol. The van der Waals surface area contributed by atoms with Gasteiger partial charge < -0.3 is 10.5 Å². The zero-order valence-corrected chi connectivity index (χ0v) is 12.4. The Hall–Kier alpha value is -1.29. The van der Waals surface area contributed by atoms with Crippen molar-refractivity contribution in [3.8, 4) is 0 Å². The van der Waals surface area contributed by atoms with Gasteiger partial charge in [-0.05, 0) is 11.1 Å². The molecule has 2 nitrogen and oxygen atoms in total. The lowest BCUT2D eigenvalue weighted by Crippen LogP contribution is -2.10. The molecule has 20 heavy (non-hydrogen) atoms. The van der Waals surface area contributed by atoms with Crippen LogP contribution in [0.3, 0.4) is 0 Å². The Morgan fingerprint density at radius 2 is 1.40 bits per heavy atom. The molecule has 2 aromatic rings. The minimum Gasteiger partial charge on any atom is -0.379 e. The molecule has 0 spiro atoms. The highest BCUT2D eigenvalue weighted by atomic mass is 32.2. The number of nitrogens with two attached hydrogens (primary N) is 1. The molecule has 0 unspecified atom stereocenters. The highest BCUT2D eigenvalue weighted by molar-refractivity contribution is 7.99. The van der Waals surface area contributed by atoms with Crippen molar-refractivity contribution in [2.75, 3.05) is 25.5 Å². The average molecular weight is 287 g/mol. The first-order chi connectivity index (χ1) is 9.92. The summed E-state index contributed by atoms with van der Waals surface area (Å²) < 4.78 is 5.46. The summed E-state index contributed by atoms with van der Waals surface area (Å²) in [7, 11) is 0. The van der Waals surface area contributed by atoms with Gasteiger partial charge in [-0.3, -0.25) is 0 Å². The van der Waals surface area contributed by atoms with Crippen LogP contribution in [-0.4, -0.2) is 25.5 Å². The summed E-state index contributed by atoms with van der Waals surface area (Å²) in [4.78, 5) is 0. The molecule has 0 saturated carbocycles. The standard InChI is InChI=1S/C17H21NOS/c18-11-12-19-13-14-20-17(15-7-3-1-4-8-15)16-9-5-2-6-10-16/h1-10,17H,11-14,18H2. The molecule has 0 aliphatic carbocycles. The lowest BCUT2D eigenvalue weighted by molar-refractivity contribution is 0.158. The maximum Gasteiger partial charge on any atom is 0.0589 e. The Morgan fingerprint density at radius 3 is 1.90 bits per heavy atom. The molecule has 0 radical (unpaired) electrons. The van der Waals surface area contributed by atoms with Crippen molar-refractivity contribution in [2.45, 2.75) is 5.25 Å². The van der Waals surface area contributed by atoms with Gasteiger partial charge in [-0.25, -0.2) is 0 Å². The van der Waals surface area contributed by atoms with Gasteiger partial charge in [-0.1, -0.05) is 60.7 Å². The van der Waals surface area contributed by atoms with Gasteiger partial charge in [-0.15, -0.1) is 11.8 Å². The molecular weight excluding hydrogens is 266 g/mol. The monoisotopic (exact) mass is 287 g/mol. The molecule has 0 amide bonds. The first-order valence-electron chi connectivity index (χ1n) is 6.91. The van der Waals surface area contributed by atoms with Gasteiger partial charge in [0, 0.05) is 12.3 Å². The zero-order valence-electron chi connectivity index (χ0n) is 11.6. The number of ether oxygens (including phenoxy) is 1. The smallest absolute Gasteiger partial charge is 0.0589 e. The van der Waals surface area contributed by atoms with Crippen molar-refractivity contribution in [1.82, 2.24) is 0 Å². The van der Waals surface area contributed by atoms with Crippen LogP contribution in [0.5, 0.6) is 0 Å². The highest BCUT2D eigenvalue weighted by Gasteiger charge is 2.13. The molecule has 3 heteroatoms. The molecule has 0 aliphatic heterocycles. The fourth-order valence-electron chi connectivity index (χ4n) is 2.05. The van der Waals surface area contributed by atoms with Crippen LogP contribution in [0.4, 0.5) is 0 Å². The quantitative estimate of drug-likeness (QED) is 0.755. The van der Waals surface area contributed by atoms with E-state index in [0.29, 0.717) is 18.4 Å². The zero-order chi connectivity index (χ0) is 14.0. The Balaban J connectivity index is 2.02. The van der Waals surface area contributed by atoms with Gasteiger partial charge in [0.25, 0.3) is 0 Å².